The summed E-state index contributed by atoms with van der Waals surface area (Å²) in [6.07, 6.45) is -67.2. The first-order valence-electron chi connectivity index (χ1n) is 48.3. The number of hydrogen-bond acceptors (Lipinski definition) is 45. The van der Waals surface area contributed by atoms with Gasteiger partial charge in [-0.05, 0) is 123 Å². The molecule has 46 heteroatoms. The third kappa shape index (κ3) is 21.4. The minimum Gasteiger partial charge on any atom is -0.479 e. The SMILES string of the molecule is CCC(C)C(CC(O)CC(=O)O[C@@H]1[C@H](O)[C@H](C)O[C@H](OC(=O)[C@]23CCC(C)(C)C[C@@H]2C2=CCC4[C@@]5(C)CC[C@H](O[C@@H]6O[C@H](C(=O)O)[C@@H](O)[C@H](O[C@H]7OC[C@@H](O)[C@H](O)[C@H]7O)[C@H]6O[C@@H]6O[C@H](CO)[C@H](O)[C@H](O)[C@H]6O)[C@@](C)(C=O)[C@@H]5CC[C@@]4(C)[C@]2(C)C[C@H]3O)[C@H]1O[C@@H]1O[C@@H](C)[C@H](O[C@H]2OC[C@@H](O)[C@H](O[C@H]3OC[C@](O)(CO)[C@H]3O)[C@H]2O)[C@@H](O)[C@H]1O)OC(=O)CC(O)CC(O[C@@H]1O[C@@H](CO)[C@H](O)[C@H]1O)C(C)CC. The Kier molecular flexibility index (Phi) is 35.5. The number of esters is 3. The van der Waals surface area contributed by atoms with Gasteiger partial charge >= 0.3 is 23.9 Å². The molecule has 0 aromatic heterocycles. The average Bonchev–Trinajstić information content (AvgIpc) is 0.696. The number of aliphatic carboxylic acids is 1. The number of carboxylic acids is 1. The minimum atomic E-state index is -2.27. The van der Waals surface area contributed by atoms with Crippen molar-refractivity contribution in [1.82, 2.24) is 0 Å². The highest BCUT2D eigenvalue weighted by Gasteiger charge is 2.74. The van der Waals surface area contributed by atoms with E-state index in [0.29, 0.717) is 44.9 Å². The molecule has 12 fully saturated rings. The second kappa shape index (κ2) is 44.1. The second-order valence-electron chi connectivity index (χ2n) is 42.6. The molecule has 138 heavy (non-hydrogen) atoms. The standard InChI is InChI=1S/C92H148O46/c1-13-36(3)46(126-54(102)25-41(98)24-47(37(4)14-2)127-80-63(111)59(107)49(30-94)128-80)23-40(97)26-55(103)131-70-56(104)38(5)124-82(73(70)136-79-65(113)61(109)68(39(6)125-79)132-78-67(115)69(45(100)32-122-78)133-84-75(116)91(120,34-96)35-123-84)138-85(119)92-22-21-86(7,8)27-43(92)42-15-16-51-87(9)19-18-53(88(10,33-95)50(87)17-20-89(51,11)90(42,12)28-52(92)101)130-83-74(137-81-64(112)60(108)58(106)48(29-93)129-81)71(66(114)72(135-83)76(117)118)134-77-62(110)57(105)44(99)31-121-77/h15,33,36-41,43-53,56-75,77-84,93-94,96-101,104-116,120H,13-14,16-32,34-35H2,1-12H3,(H,117,118)/t36?,37?,38-,39-,40?,41?,43+,44+,45+,46?,47?,48+,49-,50+,51?,52+,53-,56+,57-,58-,59-,60-,61-,62+,63+,64+,65+,66-,67+,68-,69-,70+,71-,72-,73-,74+,75-,77+,78+,79-,80+,81-,82+,83+,84+,87-,88-,89+,90+,91+,92+/m0/s1. The van der Waals surface area contributed by atoms with Gasteiger partial charge in [0.25, 0.3) is 0 Å². The molecule has 13 rings (SSSR count). The monoisotopic (exact) mass is 1990 g/mol. The van der Waals surface area contributed by atoms with Crippen molar-refractivity contribution in [2.75, 3.05) is 39.6 Å². The highest BCUT2D eigenvalue weighted by atomic mass is 16.8. The Morgan fingerprint density at radius 3 is 1.68 bits per heavy atom. The number of aldehydes is 1. The normalized spacial score (nSPS) is 48.7. The molecule has 0 aromatic carbocycles. The van der Waals surface area contributed by atoms with Gasteiger partial charge in [0, 0.05) is 12.8 Å². The molecule has 4 saturated carbocycles. The highest BCUT2D eigenvalue weighted by molar-refractivity contribution is 5.80. The zero-order valence-corrected chi connectivity index (χ0v) is 79.7. The minimum absolute atomic E-state index is 0.00157. The number of carbonyl (C=O) groups excluding carboxylic acids is 4. The lowest BCUT2D eigenvalue weighted by atomic mass is 9.33. The van der Waals surface area contributed by atoms with Crippen LogP contribution >= 0.6 is 0 Å². The van der Waals surface area contributed by atoms with Crippen LogP contribution in [0.3, 0.4) is 0 Å². The van der Waals surface area contributed by atoms with Crippen LogP contribution in [0.25, 0.3) is 0 Å². The van der Waals surface area contributed by atoms with Crippen molar-refractivity contribution in [3.8, 4) is 0 Å². The van der Waals surface area contributed by atoms with Crippen LogP contribution in [-0.2, 0) is 109 Å². The number of allylic oxidation sites excluding steroid dienone is 2. The van der Waals surface area contributed by atoms with Gasteiger partial charge in [-0.2, -0.15) is 0 Å². The fourth-order valence-electron chi connectivity index (χ4n) is 24.1. The second-order valence-corrected chi connectivity index (χ2v) is 42.6. The van der Waals surface area contributed by atoms with Crippen molar-refractivity contribution in [2.24, 2.45) is 62.1 Å². The van der Waals surface area contributed by atoms with Crippen LogP contribution < -0.4 is 0 Å². The van der Waals surface area contributed by atoms with Crippen molar-refractivity contribution in [1.29, 1.82) is 0 Å². The molecule has 23 N–H and O–H groups in total. The number of carbonyl (C=O) groups is 5. The maximum absolute atomic E-state index is 16.5. The van der Waals surface area contributed by atoms with E-state index in [9.17, 15) is 137 Å². The molecule has 0 bridgehead atoms. The van der Waals surface area contributed by atoms with Gasteiger partial charge in [-0.3, -0.25) is 14.4 Å². The lowest BCUT2D eigenvalue weighted by molar-refractivity contribution is -0.391. The topological polar surface area (TPSA) is 717 Å². The van der Waals surface area contributed by atoms with Gasteiger partial charge in [-0.15, -0.1) is 0 Å². The molecule has 0 radical (unpaired) electrons. The Balaban J connectivity index is 0.763. The number of aliphatic hydroxyl groups is 22. The van der Waals surface area contributed by atoms with E-state index >= 15 is 4.79 Å². The summed E-state index contributed by atoms with van der Waals surface area (Å²) in [4.78, 5) is 72.7. The van der Waals surface area contributed by atoms with Crippen LogP contribution in [0.15, 0.2) is 11.6 Å². The van der Waals surface area contributed by atoms with E-state index in [4.69, 9.17) is 85.3 Å². The summed E-state index contributed by atoms with van der Waals surface area (Å²) in [6.45, 7) is 17.5. The van der Waals surface area contributed by atoms with Crippen LogP contribution in [0.1, 0.15) is 179 Å². The summed E-state index contributed by atoms with van der Waals surface area (Å²) in [5.74, 6) is -7.44. The van der Waals surface area contributed by atoms with E-state index in [1.165, 1.54) is 13.8 Å². The van der Waals surface area contributed by atoms with Crippen LogP contribution in [0.4, 0.5) is 0 Å². The van der Waals surface area contributed by atoms with E-state index in [2.05, 4.69) is 19.9 Å². The third-order valence-corrected chi connectivity index (χ3v) is 33.3. The Bertz CT molecular complexity index is 4100. The molecule has 46 nitrogen and oxygen atoms in total. The molecule has 8 saturated heterocycles. The van der Waals surface area contributed by atoms with Crippen LogP contribution in [0, 0.1) is 62.1 Å². The molecule has 8 aliphatic heterocycles. The quantitative estimate of drug-likeness (QED) is 0.00924. The lowest BCUT2D eigenvalue weighted by Gasteiger charge is -2.71. The van der Waals surface area contributed by atoms with Crippen molar-refractivity contribution < 1.29 is 227 Å². The Labute approximate surface area is 797 Å². The predicted octanol–water partition coefficient (Wildman–Crippen LogP) is -5.69. The number of hydrogen-bond donors (Lipinski definition) is 23. The Morgan fingerprint density at radius 2 is 1.06 bits per heavy atom. The van der Waals surface area contributed by atoms with Gasteiger partial charge in [0.15, 0.2) is 62.3 Å². The molecule has 0 amide bonds. The summed E-state index contributed by atoms with van der Waals surface area (Å²) in [7, 11) is 0. The van der Waals surface area contributed by atoms with Crippen molar-refractivity contribution >= 4 is 30.2 Å². The highest BCUT2D eigenvalue weighted by Crippen LogP contribution is 2.76. The molecule has 7 unspecified atom stereocenters. The van der Waals surface area contributed by atoms with Gasteiger partial charge in [-0.25, -0.2) is 4.79 Å². The molecule has 0 aromatic rings. The number of fused-ring (bicyclic) bond motifs is 7. The molecule has 13 aliphatic rings. The van der Waals surface area contributed by atoms with Gasteiger partial charge < -0.3 is 208 Å². The Morgan fingerprint density at radius 1 is 0.507 bits per heavy atom. The van der Waals surface area contributed by atoms with Crippen molar-refractivity contribution in [2.45, 2.75) is 431 Å². The van der Waals surface area contributed by atoms with Crippen LogP contribution in [0.2, 0.25) is 0 Å². The van der Waals surface area contributed by atoms with Crippen molar-refractivity contribution in [3.05, 3.63) is 11.6 Å². The summed E-state index contributed by atoms with van der Waals surface area (Å²) in [5.41, 5.74) is -7.79. The maximum Gasteiger partial charge on any atom is 0.335 e. The fourth-order valence-corrected chi connectivity index (χ4v) is 24.1. The zero-order chi connectivity index (χ0) is 101. The zero-order valence-electron chi connectivity index (χ0n) is 79.7. The molecule has 51 atom stereocenters. The Hall–Kier alpha value is -4.19. The maximum atomic E-state index is 16.5. The fraction of sp³-hybridized carbons (Fsp3) is 0.924. The first-order chi connectivity index (χ1) is 64.8. The van der Waals surface area contributed by atoms with Gasteiger partial charge in [0.1, 0.15) is 152 Å². The van der Waals surface area contributed by atoms with Crippen LogP contribution in [-0.4, -0.2) is 439 Å². The first kappa shape index (κ1) is 111. The van der Waals surface area contributed by atoms with Gasteiger partial charge in [0.05, 0.1) is 101 Å². The number of carboxylic acid groups (broad SMARTS) is 1. The average molecular weight is 1990 g/mol. The number of rotatable bonds is 35. The molecular formula is C92H148O46. The van der Waals surface area contributed by atoms with E-state index in [-0.39, 0.29) is 43.9 Å². The molecule has 0 spiro atoms. The van der Waals surface area contributed by atoms with E-state index < -0.39 is 384 Å². The molecule has 5 aliphatic carbocycles. The summed E-state index contributed by atoms with van der Waals surface area (Å²) >= 11 is 0. The summed E-state index contributed by atoms with van der Waals surface area (Å²) in [5, 5.41) is 256. The summed E-state index contributed by atoms with van der Waals surface area (Å²) < 4.78 is 109. The number of aliphatic hydroxyl groups excluding tert-OH is 21. The van der Waals surface area contributed by atoms with E-state index in [1.807, 2.05) is 27.7 Å². The van der Waals surface area contributed by atoms with Crippen LogP contribution in [0.5, 0.6) is 0 Å². The lowest BCUT2D eigenvalue weighted by Crippen LogP contribution is -2.69. The molecule has 8 heterocycles. The predicted molar refractivity (Wildman–Crippen MR) is 458 cm³/mol. The third-order valence-electron chi connectivity index (χ3n) is 33.3. The first-order valence-corrected chi connectivity index (χ1v) is 48.3. The van der Waals surface area contributed by atoms with E-state index in [0.717, 1.165) is 11.9 Å². The molecular weight excluding hydrogens is 1840 g/mol. The van der Waals surface area contributed by atoms with Gasteiger partial charge in [0.2, 0.25) is 6.29 Å². The van der Waals surface area contributed by atoms with E-state index in [1.54, 1.807) is 27.7 Å². The smallest absolute Gasteiger partial charge is 0.335 e. The summed E-state index contributed by atoms with van der Waals surface area (Å²) in [6, 6.07) is 0. The number of ether oxygens (including phenoxy) is 18. The van der Waals surface area contributed by atoms with Gasteiger partial charge in [-0.1, -0.05) is 93.7 Å². The molecule has 792 valence electrons. The largest absolute Gasteiger partial charge is 0.479 e. The van der Waals surface area contributed by atoms with Crippen molar-refractivity contribution in [3.63, 3.8) is 0 Å².